The highest BCUT2D eigenvalue weighted by atomic mass is 14.9. The molecule has 0 saturated carbocycles. The number of nitrogens with zero attached hydrogens (tertiary/aromatic N) is 4. The number of amidine groups is 1. The van der Waals surface area contributed by atoms with Crippen LogP contribution in [0.25, 0.3) is 73.0 Å². The molecule has 1 aromatic heterocycles. The molecule has 8 aromatic carbocycles. The maximum Gasteiger partial charge on any atom is 0.160 e. The summed E-state index contributed by atoms with van der Waals surface area (Å²) in [5.41, 5.74) is 18.5. The summed E-state index contributed by atoms with van der Waals surface area (Å²) in [6, 6.07) is 73.6. The maximum absolute atomic E-state index is 5.28. The van der Waals surface area contributed by atoms with Crippen molar-refractivity contribution < 1.29 is 0 Å². The lowest BCUT2D eigenvalue weighted by Crippen LogP contribution is -2.05. The van der Waals surface area contributed by atoms with Gasteiger partial charge in [-0.3, -0.25) is 0 Å². The van der Waals surface area contributed by atoms with Gasteiger partial charge in [0, 0.05) is 33.5 Å². The molecule has 4 nitrogen and oxygen atoms in total. The first-order valence-corrected chi connectivity index (χ1v) is 25.2. The van der Waals surface area contributed by atoms with E-state index >= 15 is 0 Å². The van der Waals surface area contributed by atoms with Gasteiger partial charge in [-0.25, -0.2) is 20.0 Å². The van der Waals surface area contributed by atoms with E-state index in [4.69, 9.17) is 20.0 Å². The van der Waals surface area contributed by atoms with Crippen molar-refractivity contribution in [1.29, 1.82) is 0 Å². The summed E-state index contributed by atoms with van der Waals surface area (Å²) in [6.07, 6.45) is 2.15. The highest BCUT2D eigenvalue weighted by molar-refractivity contribution is 6.13. The number of aromatic nitrogens is 2. The molecule has 0 spiro atoms. The van der Waals surface area contributed by atoms with Crippen LogP contribution in [0.4, 0.5) is 0 Å². The van der Waals surface area contributed by atoms with Crippen molar-refractivity contribution in [1.82, 2.24) is 9.97 Å². The lowest BCUT2D eigenvalue weighted by Gasteiger charge is -2.16. The maximum atomic E-state index is 5.28. The summed E-state index contributed by atoms with van der Waals surface area (Å²) in [7, 11) is 0. The SMILES string of the molecule is C.C=C(N=C(N=C(C)c1ccc(-c2nc(-c3ccc(-c4ccccc4)cc3)c(C)c(-c3ccccc3CC)n2)cc1)c1ccc(-c2ccccc2)cc1)c1ccc(-c2ccccc2)cc1.CC.CC.CCC. The van der Waals surface area contributed by atoms with Gasteiger partial charge in [0.15, 0.2) is 11.7 Å². The average Bonchev–Trinajstić information content (AvgIpc) is 3.45. The van der Waals surface area contributed by atoms with Crippen molar-refractivity contribution in [3.05, 3.63) is 247 Å². The van der Waals surface area contributed by atoms with Crippen molar-refractivity contribution in [3.63, 3.8) is 0 Å². The Kier molecular flexibility index (Phi) is 21.3. The number of hydrogen-bond donors (Lipinski definition) is 0. The molecular weight excluding hydrogens is 873 g/mol. The Morgan fingerprint density at radius 1 is 0.417 bits per heavy atom. The molecule has 0 fully saturated rings. The van der Waals surface area contributed by atoms with Crippen molar-refractivity contribution >= 4 is 17.2 Å². The van der Waals surface area contributed by atoms with E-state index < -0.39 is 0 Å². The molecule has 4 heteroatoms. The van der Waals surface area contributed by atoms with Crippen LogP contribution in [0, 0.1) is 6.92 Å². The molecule has 0 aliphatic carbocycles. The van der Waals surface area contributed by atoms with Crippen LogP contribution in [0.3, 0.4) is 0 Å². The minimum atomic E-state index is 0. The summed E-state index contributed by atoms with van der Waals surface area (Å²) in [5, 5.41) is 0. The number of aryl methyl sites for hydroxylation is 1. The van der Waals surface area contributed by atoms with E-state index in [1.807, 2.05) is 52.8 Å². The lowest BCUT2D eigenvalue weighted by molar-refractivity contribution is 1.09. The summed E-state index contributed by atoms with van der Waals surface area (Å²) < 4.78 is 0. The van der Waals surface area contributed by atoms with E-state index in [2.05, 4.69) is 228 Å². The van der Waals surface area contributed by atoms with Crippen LogP contribution in [0.5, 0.6) is 0 Å². The molecule has 1 heterocycles. The number of hydrogen-bond acceptors (Lipinski definition) is 3. The molecule has 0 atom stereocenters. The van der Waals surface area contributed by atoms with Gasteiger partial charge in [0.1, 0.15) is 0 Å². The van der Waals surface area contributed by atoms with Crippen molar-refractivity contribution in [2.45, 2.75) is 82.6 Å². The molecule has 0 unspecified atom stereocenters. The topological polar surface area (TPSA) is 50.5 Å². The Bertz CT molecular complexity index is 3120. The van der Waals surface area contributed by atoms with Crippen molar-refractivity contribution in [2.75, 3.05) is 0 Å². The second kappa shape index (κ2) is 27.9. The van der Waals surface area contributed by atoms with Gasteiger partial charge in [-0.05, 0) is 70.3 Å². The van der Waals surface area contributed by atoms with Gasteiger partial charge in [-0.1, -0.05) is 281 Å². The fraction of sp³-hybridized carbons (Fsp3) is 0.176. The zero-order valence-electron chi connectivity index (χ0n) is 43.1. The average molecular weight is 945 g/mol. The zero-order valence-corrected chi connectivity index (χ0v) is 43.1. The van der Waals surface area contributed by atoms with Crippen molar-refractivity contribution in [3.8, 4) is 67.3 Å². The van der Waals surface area contributed by atoms with Crippen LogP contribution in [0.15, 0.2) is 229 Å². The summed E-state index contributed by atoms with van der Waals surface area (Å²) >= 11 is 0. The second-order valence-corrected chi connectivity index (χ2v) is 16.6. The fourth-order valence-electron chi connectivity index (χ4n) is 8.06. The Balaban J connectivity index is 0.00000115. The van der Waals surface area contributed by atoms with E-state index in [1.165, 1.54) is 28.7 Å². The molecule has 0 amide bonds. The molecule has 0 aliphatic heterocycles. The van der Waals surface area contributed by atoms with Gasteiger partial charge >= 0.3 is 0 Å². The van der Waals surface area contributed by atoms with E-state index in [0.29, 0.717) is 17.4 Å². The molecule has 0 N–H and O–H groups in total. The summed E-state index contributed by atoms with van der Waals surface area (Å²) in [6.45, 7) is 23.0. The largest absolute Gasteiger partial charge is 0.233 e. The smallest absolute Gasteiger partial charge is 0.160 e. The number of aliphatic imine (C=N–C) groups is 2. The van der Waals surface area contributed by atoms with E-state index in [0.717, 1.165) is 79.2 Å². The third-order valence-electron chi connectivity index (χ3n) is 11.7. The molecule has 0 bridgehead atoms. The van der Waals surface area contributed by atoms with Crippen LogP contribution >= 0.6 is 0 Å². The van der Waals surface area contributed by atoms with Gasteiger partial charge in [-0.2, -0.15) is 0 Å². The first-order valence-electron chi connectivity index (χ1n) is 25.2. The lowest BCUT2D eigenvalue weighted by atomic mass is 9.95. The molecule has 72 heavy (non-hydrogen) atoms. The van der Waals surface area contributed by atoms with Crippen molar-refractivity contribution in [2.24, 2.45) is 9.98 Å². The van der Waals surface area contributed by atoms with Crippen LogP contribution in [-0.2, 0) is 6.42 Å². The molecule has 9 aromatic rings. The standard InChI is InChI=1S/C60H48N4.C3H8.2C2H6.CH4/c1-5-44-17-15-16-24-56(44)58-41(2)57(53-35-31-51(32-36-53)48-20-11-7-12-21-48)63-60(64-58)55-37-27-46(28-38-55)43(4)62-59(54-39-33-52(34-40-54)49-22-13-8-14-23-49)61-42(3)45-25-29-50(30-26-45)47-18-9-6-10-19-47;1-3-2;2*1-2;/h6-40H,3,5H2,1-2,4H3;3H2,1-2H3;2*1-2H3;1H4. The number of benzene rings is 8. The van der Waals surface area contributed by atoms with Gasteiger partial charge < -0.3 is 0 Å². The predicted molar refractivity (Wildman–Crippen MR) is 315 cm³/mol. The van der Waals surface area contributed by atoms with Crippen LogP contribution in [0.2, 0.25) is 0 Å². The van der Waals surface area contributed by atoms with Crippen LogP contribution in [-0.4, -0.2) is 21.5 Å². The minimum Gasteiger partial charge on any atom is -0.233 e. The van der Waals surface area contributed by atoms with Gasteiger partial charge in [0.2, 0.25) is 0 Å². The predicted octanol–water partition coefficient (Wildman–Crippen LogP) is 19.4. The van der Waals surface area contributed by atoms with Crippen LogP contribution in [0.1, 0.15) is 97.1 Å². The second-order valence-electron chi connectivity index (χ2n) is 16.6. The fourth-order valence-corrected chi connectivity index (χ4v) is 8.06. The molecular formula is C68H72N4. The molecule has 0 radical (unpaired) electrons. The first kappa shape index (κ1) is 54.9. The minimum absolute atomic E-state index is 0. The van der Waals surface area contributed by atoms with E-state index in [-0.39, 0.29) is 7.43 Å². The Hall–Kier alpha value is -8.08. The highest BCUT2D eigenvalue weighted by Gasteiger charge is 2.18. The molecule has 0 aliphatic rings. The summed E-state index contributed by atoms with van der Waals surface area (Å²) in [4.78, 5) is 20.8. The van der Waals surface area contributed by atoms with Gasteiger partial charge in [-0.15, -0.1) is 0 Å². The summed E-state index contributed by atoms with van der Waals surface area (Å²) in [5.74, 6) is 1.26. The third kappa shape index (κ3) is 13.8. The zero-order chi connectivity index (χ0) is 50.5. The molecule has 0 saturated heterocycles. The Labute approximate surface area is 431 Å². The highest BCUT2D eigenvalue weighted by Crippen LogP contribution is 2.35. The first-order chi connectivity index (χ1) is 34.8. The number of rotatable bonds is 11. The Morgan fingerprint density at radius 3 is 1.25 bits per heavy atom. The van der Waals surface area contributed by atoms with Gasteiger partial charge in [0.25, 0.3) is 0 Å². The van der Waals surface area contributed by atoms with E-state index in [1.54, 1.807) is 0 Å². The quantitative estimate of drug-likeness (QED) is 0.0958. The Morgan fingerprint density at radius 2 is 0.778 bits per heavy atom. The normalized spacial score (nSPS) is 10.8. The van der Waals surface area contributed by atoms with Crippen LogP contribution < -0.4 is 0 Å². The van der Waals surface area contributed by atoms with Gasteiger partial charge in [0.05, 0.1) is 17.1 Å². The molecule has 9 rings (SSSR count). The monoisotopic (exact) mass is 945 g/mol. The third-order valence-corrected chi connectivity index (χ3v) is 11.7. The van der Waals surface area contributed by atoms with E-state index in [9.17, 15) is 0 Å². The molecule has 364 valence electrons.